The fourth-order valence-corrected chi connectivity index (χ4v) is 4.05. The van der Waals surface area contributed by atoms with Gasteiger partial charge in [0.15, 0.2) is 0 Å². The molecule has 5 nitrogen and oxygen atoms in total. The third-order valence-corrected chi connectivity index (χ3v) is 5.41. The minimum absolute atomic E-state index is 0.334. The largest absolute Gasteiger partial charge is 0.370 e. The summed E-state index contributed by atoms with van der Waals surface area (Å²) in [6.45, 7) is 6.18. The Morgan fingerprint density at radius 1 is 1.50 bits per heavy atom. The number of pyridine rings is 1. The molecule has 0 aromatic carbocycles. The first-order valence-corrected chi connectivity index (χ1v) is 8.68. The maximum absolute atomic E-state index is 12.6. The van der Waals surface area contributed by atoms with Crippen LogP contribution in [0, 0.1) is 5.92 Å². The van der Waals surface area contributed by atoms with Gasteiger partial charge in [-0.3, -0.25) is 0 Å². The predicted molar refractivity (Wildman–Crippen MR) is 80.2 cm³/mol. The number of piperidine rings is 1. The van der Waals surface area contributed by atoms with Crippen molar-refractivity contribution in [1.29, 1.82) is 0 Å². The van der Waals surface area contributed by atoms with Crippen LogP contribution in [-0.2, 0) is 10.0 Å². The zero-order valence-corrected chi connectivity index (χ0v) is 13.0. The van der Waals surface area contributed by atoms with Crippen molar-refractivity contribution in [1.82, 2.24) is 9.29 Å². The number of nitrogens with zero attached hydrogens (tertiary/aromatic N) is 2. The Hall–Kier alpha value is -1.14. The van der Waals surface area contributed by atoms with E-state index in [1.807, 2.05) is 0 Å². The Labute approximate surface area is 121 Å². The van der Waals surface area contributed by atoms with Gasteiger partial charge in [-0.1, -0.05) is 13.8 Å². The average molecular weight is 297 g/mol. The lowest BCUT2D eigenvalue weighted by molar-refractivity contribution is 0.281. The monoisotopic (exact) mass is 297 g/mol. The lowest BCUT2D eigenvalue weighted by Crippen LogP contribution is -2.39. The number of nitrogens with one attached hydrogen (secondary N) is 1. The van der Waals surface area contributed by atoms with Crippen molar-refractivity contribution in [3.63, 3.8) is 0 Å². The fraction of sp³-hybridized carbons (Fsp3) is 0.643. The Morgan fingerprint density at radius 3 is 3.00 bits per heavy atom. The standard InChI is InChI=1S/C14H23N3O2S/c1-3-7-15-14-10-13(6-8-16-14)20(18,19)17-9-4-5-12(2)11-17/h6,8,10,12H,3-5,7,9,11H2,1-2H3,(H,15,16). The molecular formula is C14H23N3O2S. The molecule has 1 aliphatic rings. The van der Waals surface area contributed by atoms with Crippen molar-refractivity contribution < 1.29 is 8.42 Å². The topological polar surface area (TPSA) is 62.3 Å². The summed E-state index contributed by atoms with van der Waals surface area (Å²) in [5, 5.41) is 3.12. The van der Waals surface area contributed by atoms with Gasteiger partial charge in [0.05, 0.1) is 4.90 Å². The number of sulfonamides is 1. The van der Waals surface area contributed by atoms with Gasteiger partial charge in [-0.15, -0.1) is 0 Å². The first-order valence-electron chi connectivity index (χ1n) is 7.24. The van der Waals surface area contributed by atoms with E-state index < -0.39 is 10.0 Å². The van der Waals surface area contributed by atoms with E-state index in [4.69, 9.17) is 0 Å². The number of aromatic nitrogens is 1. The van der Waals surface area contributed by atoms with Crippen molar-refractivity contribution in [3.05, 3.63) is 18.3 Å². The van der Waals surface area contributed by atoms with Gasteiger partial charge in [0, 0.05) is 31.9 Å². The van der Waals surface area contributed by atoms with Crippen molar-refractivity contribution >= 4 is 15.8 Å². The molecular weight excluding hydrogens is 274 g/mol. The summed E-state index contributed by atoms with van der Waals surface area (Å²) in [6, 6.07) is 3.20. The van der Waals surface area contributed by atoms with Crippen LogP contribution in [0.25, 0.3) is 0 Å². The van der Waals surface area contributed by atoms with E-state index in [0.29, 0.717) is 29.7 Å². The van der Waals surface area contributed by atoms with Crippen molar-refractivity contribution in [2.75, 3.05) is 25.0 Å². The second kappa shape index (κ2) is 6.54. The molecule has 20 heavy (non-hydrogen) atoms. The van der Waals surface area contributed by atoms with Gasteiger partial charge in [0.25, 0.3) is 0 Å². The number of hydrogen-bond acceptors (Lipinski definition) is 4. The highest BCUT2D eigenvalue weighted by Gasteiger charge is 2.28. The van der Waals surface area contributed by atoms with Gasteiger partial charge in [-0.05, 0) is 31.2 Å². The average Bonchev–Trinajstić information content (AvgIpc) is 2.45. The first kappa shape index (κ1) is 15.3. The van der Waals surface area contributed by atoms with Gasteiger partial charge in [0.2, 0.25) is 10.0 Å². The molecule has 2 heterocycles. The zero-order valence-electron chi connectivity index (χ0n) is 12.2. The summed E-state index contributed by atoms with van der Waals surface area (Å²) in [5.41, 5.74) is 0. The molecule has 112 valence electrons. The van der Waals surface area contributed by atoms with Crippen LogP contribution in [0.2, 0.25) is 0 Å². The molecule has 1 atom stereocenters. The van der Waals surface area contributed by atoms with Gasteiger partial charge >= 0.3 is 0 Å². The van der Waals surface area contributed by atoms with Crippen LogP contribution in [0.15, 0.2) is 23.2 Å². The highest BCUT2D eigenvalue weighted by Crippen LogP contribution is 2.24. The van der Waals surface area contributed by atoms with Crippen LogP contribution in [0.1, 0.15) is 33.1 Å². The van der Waals surface area contributed by atoms with E-state index in [-0.39, 0.29) is 0 Å². The van der Waals surface area contributed by atoms with Gasteiger partial charge in [-0.25, -0.2) is 13.4 Å². The van der Waals surface area contributed by atoms with Crippen LogP contribution in [0.4, 0.5) is 5.82 Å². The molecule has 0 aliphatic carbocycles. The number of rotatable bonds is 5. The van der Waals surface area contributed by atoms with Crippen molar-refractivity contribution in [2.24, 2.45) is 5.92 Å². The molecule has 0 spiro atoms. The highest BCUT2D eigenvalue weighted by atomic mass is 32.2. The Morgan fingerprint density at radius 2 is 2.30 bits per heavy atom. The molecule has 1 saturated heterocycles. The second-order valence-electron chi connectivity index (χ2n) is 5.41. The van der Waals surface area contributed by atoms with Crippen LogP contribution in [0.3, 0.4) is 0 Å². The fourth-order valence-electron chi connectivity index (χ4n) is 2.44. The molecule has 0 amide bonds. The molecule has 0 saturated carbocycles. The molecule has 1 aromatic rings. The lowest BCUT2D eigenvalue weighted by Gasteiger charge is -2.30. The molecule has 2 rings (SSSR count). The normalized spacial score (nSPS) is 20.8. The Balaban J connectivity index is 2.20. The number of anilines is 1. The summed E-state index contributed by atoms with van der Waals surface area (Å²) in [5.74, 6) is 1.05. The first-order chi connectivity index (χ1) is 9.54. The van der Waals surface area contributed by atoms with E-state index >= 15 is 0 Å². The predicted octanol–water partition coefficient (Wildman–Crippen LogP) is 2.32. The number of hydrogen-bond donors (Lipinski definition) is 1. The summed E-state index contributed by atoms with van der Waals surface area (Å²) in [4.78, 5) is 4.49. The summed E-state index contributed by atoms with van der Waals surface area (Å²) < 4.78 is 26.9. The van der Waals surface area contributed by atoms with E-state index in [2.05, 4.69) is 24.1 Å². The molecule has 1 N–H and O–H groups in total. The molecule has 1 fully saturated rings. The van der Waals surface area contributed by atoms with E-state index in [1.54, 1.807) is 22.6 Å². The van der Waals surface area contributed by atoms with Gasteiger partial charge in [0.1, 0.15) is 5.82 Å². The second-order valence-corrected chi connectivity index (χ2v) is 7.35. The summed E-state index contributed by atoms with van der Waals surface area (Å²) in [6.07, 6.45) is 4.57. The third kappa shape index (κ3) is 3.49. The van der Waals surface area contributed by atoms with Crippen molar-refractivity contribution in [3.8, 4) is 0 Å². The van der Waals surface area contributed by atoms with Crippen LogP contribution >= 0.6 is 0 Å². The quantitative estimate of drug-likeness (QED) is 0.906. The zero-order chi connectivity index (χ0) is 14.6. The Kier molecular flexibility index (Phi) is 4.99. The SMILES string of the molecule is CCCNc1cc(S(=O)(=O)N2CCCC(C)C2)ccn1. The minimum atomic E-state index is -3.39. The summed E-state index contributed by atoms with van der Waals surface area (Å²) >= 11 is 0. The van der Waals surface area contributed by atoms with E-state index in [1.165, 1.54) is 0 Å². The van der Waals surface area contributed by atoms with E-state index in [9.17, 15) is 8.42 Å². The molecule has 0 bridgehead atoms. The van der Waals surface area contributed by atoms with Crippen LogP contribution in [-0.4, -0.2) is 37.3 Å². The maximum Gasteiger partial charge on any atom is 0.243 e. The minimum Gasteiger partial charge on any atom is -0.370 e. The summed E-state index contributed by atoms with van der Waals surface area (Å²) in [7, 11) is -3.39. The third-order valence-electron chi connectivity index (χ3n) is 3.55. The van der Waals surface area contributed by atoms with Crippen LogP contribution in [0.5, 0.6) is 0 Å². The van der Waals surface area contributed by atoms with Crippen LogP contribution < -0.4 is 5.32 Å². The maximum atomic E-state index is 12.6. The van der Waals surface area contributed by atoms with E-state index in [0.717, 1.165) is 25.8 Å². The Bertz CT molecular complexity index is 545. The highest BCUT2D eigenvalue weighted by molar-refractivity contribution is 7.89. The molecule has 1 aliphatic heterocycles. The molecule has 0 radical (unpaired) electrons. The van der Waals surface area contributed by atoms with Crippen molar-refractivity contribution in [2.45, 2.75) is 38.0 Å². The van der Waals surface area contributed by atoms with Gasteiger partial charge < -0.3 is 5.32 Å². The molecule has 6 heteroatoms. The smallest absolute Gasteiger partial charge is 0.243 e. The molecule has 1 unspecified atom stereocenters. The van der Waals surface area contributed by atoms with Gasteiger partial charge in [-0.2, -0.15) is 4.31 Å². The molecule has 1 aromatic heterocycles. The lowest BCUT2D eigenvalue weighted by atomic mass is 10.0.